The highest BCUT2D eigenvalue weighted by atomic mass is 16.3. The summed E-state index contributed by atoms with van der Waals surface area (Å²) in [5.74, 6) is -0.114. The molecule has 27 heavy (non-hydrogen) atoms. The highest BCUT2D eigenvalue weighted by molar-refractivity contribution is 5.95. The Bertz CT molecular complexity index is 777. The van der Waals surface area contributed by atoms with Crippen LogP contribution in [-0.4, -0.2) is 15.6 Å². The number of unbranched alkanes of at least 4 members (excludes halogenated alkanes) is 6. The zero-order chi connectivity index (χ0) is 19.6. The van der Waals surface area contributed by atoms with Crippen molar-refractivity contribution in [2.75, 3.05) is 0 Å². The molecule has 148 valence electrons. The molecule has 2 rings (SSSR count). The summed E-state index contributed by atoms with van der Waals surface area (Å²) in [4.78, 5) is 12.0. The molecule has 0 spiro atoms. The van der Waals surface area contributed by atoms with Crippen molar-refractivity contribution in [3.05, 3.63) is 23.8 Å². The minimum absolute atomic E-state index is 0.103. The topological polar surface area (TPSA) is 66.9 Å². The van der Waals surface area contributed by atoms with Gasteiger partial charge in [-0.05, 0) is 31.9 Å². The molecule has 1 aromatic carbocycles. The first-order chi connectivity index (χ1) is 13.1. The van der Waals surface area contributed by atoms with E-state index in [1.54, 1.807) is 0 Å². The van der Waals surface area contributed by atoms with Gasteiger partial charge in [-0.25, -0.2) is 0 Å². The summed E-state index contributed by atoms with van der Waals surface area (Å²) in [6.07, 6.45) is 9.10. The Balaban J connectivity index is 2.15. The molecule has 2 aromatic rings. The molecule has 1 aromatic heterocycles. The molecular weight excluding hydrogens is 338 g/mol. The van der Waals surface area contributed by atoms with Crippen LogP contribution in [0.4, 0.5) is 5.69 Å². The molecule has 0 aliphatic rings. The van der Waals surface area contributed by atoms with E-state index in [4.69, 9.17) is 0 Å². The molecule has 1 amide bonds. The van der Waals surface area contributed by atoms with Crippen LogP contribution in [0.3, 0.4) is 0 Å². The lowest BCUT2D eigenvalue weighted by atomic mass is 10.1. The van der Waals surface area contributed by atoms with E-state index in [2.05, 4.69) is 24.1 Å². The molecule has 1 N–H and O–H groups in total. The van der Waals surface area contributed by atoms with Gasteiger partial charge in [0.05, 0.1) is 5.52 Å². The molecule has 0 saturated heterocycles. The highest BCUT2D eigenvalue weighted by Gasteiger charge is 2.17. The van der Waals surface area contributed by atoms with E-state index in [9.17, 15) is 9.90 Å². The van der Waals surface area contributed by atoms with Gasteiger partial charge in [-0.3, -0.25) is 4.79 Å². The lowest BCUT2D eigenvalue weighted by Crippen LogP contribution is -1.96. The Morgan fingerprint density at radius 3 is 2.48 bits per heavy atom. The quantitative estimate of drug-likeness (QED) is 0.348. The van der Waals surface area contributed by atoms with E-state index in [1.807, 2.05) is 29.7 Å². The molecule has 0 radical (unpaired) electrons. The van der Waals surface area contributed by atoms with Gasteiger partial charge in [0.1, 0.15) is 0 Å². The van der Waals surface area contributed by atoms with Crippen LogP contribution in [0.2, 0.25) is 0 Å². The molecule has 0 fully saturated rings. The number of carbonyl (C=O) groups excluding carboxylic acids is 1. The molecule has 0 bridgehead atoms. The van der Waals surface area contributed by atoms with Crippen LogP contribution in [0.15, 0.2) is 28.4 Å². The molecule has 5 heteroatoms. The predicted octanol–water partition coefficient (Wildman–Crippen LogP) is 6.82. The average molecular weight is 372 g/mol. The lowest BCUT2D eigenvalue weighted by Gasteiger charge is -2.06. The van der Waals surface area contributed by atoms with Gasteiger partial charge < -0.3 is 9.67 Å². The van der Waals surface area contributed by atoms with Crippen molar-refractivity contribution in [1.29, 1.82) is 0 Å². The maximum atomic E-state index is 12.0. The predicted molar refractivity (Wildman–Crippen MR) is 111 cm³/mol. The van der Waals surface area contributed by atoms with Crippen molar-refractivity contribution in [3.63, 3.8) is 0 Å². The Morgan fingerprint density at radius 1 is 1.04 bits per heavy atom. The molecule has 0 unspecified atom stereocenters. The van der Waals surface area contributed by atoms with Crippen molar-refractivity contribution in [1.82, 2.24) is 4.57 Å². The van der Waals surface area contributed by atoms with Gasteiger partial charge in [0, 0.05) is 18.4 Å². The number of aryl methyl sites for hydroxylation is 2. The molecule has 1 heterocycles. The number of carbonyl (C=O) groups is 1. The van der Waals surface area contributed by atoms with Gasteiger partial charge in [0.2, 0.25) is 5.88 Å². The van der Waals surface area contributed by atoms with Gasteiger partial charge in [-0.1, -0.05) is 64.0 Å². The second kappa shape index (κ2) is 10.9. The third kappa shape index (κ3) is 5.91. The van der Waals surface area contributed by atoms with E-state index < -0.39 is 0 Å². The van der Waals surface area contributed by atoms with E-state index in [0.29, 0.717) is 12.1 Å². The first-order valence-electron chi connectivity index (χ1n) is 10.3. The second-order valence-electron chi connectivity index (χ2n) is 7.31. The summed E-state index contributed by atoms with van der Waals surface area (Å²) in [5, 5.41) is 19.6. The van der Waals surface area contributed by atoms with Crippen LogP contribution in [0.5, 0.6) is 5.88 Å². The van der Waals surface area contributed by atoms with Gasteiger partial charge >= 0.3 is 0 Å². The number of aromatic hydroxyl groups is 1. The summed E-state index contributed by atoms with van der Waals surface area (Å²) < 4.78 is 1.88. The van der Waals surface area contributed by atoms with Gasteiger partial charge in [0.25, 0.3) is 5.91 Å². The zero-order valence-corrected chi connectivity index (χ0v) is 17.0. The minimum atomic E-state index is -0.217. The third-order valence-corrected chi connectivity index (χ3v) is 4.91. The average Bonchev–Trinajstić information content (AvgIpc) is 2.91. The summed E-state index contributed by atoms with van der Waals surface area (Å²) in [6.45, 7) is 7.07. The first-order valence-corrected chi connectivity index (χ1v) is 10.3. The summed E-state index contributed by atoms with van der Waals surface area (Å²) in [7, 11) is 0. The summed E-state index contributed by atoms with van der Waals surface area (Å²) >= 11 is 0. The normalized spacial score (nSPS) is 11.7. The van der Waals surface area contributed by atoms with Gasteiger partial charge in [-0.15, -0.1) is 10.2 Å². The maximum absolute atomic E-state index is 12.0. The van der Waals surface area contributed by atoms with Crippen LogP contribution < -0.4 is 0 Å². The molecular formula is C22H33N3O2. The van der Waals surface area contributed by atoms with Crippen LogP contribution in [-0.2, 0) is 11.3 Å². The van der Waals surface area contributed by atoms with Crippen molar-refractivity contribution >= 4 is 22.5 Å². The SMILES string of the molecule is CCCCCCCC(=O)N=Nc1c(O)n(CCCCC)c2ccc(C)cc12. The van der Waals surface area contributed by atoms with Gasteiger partial charge in [-0.2, -0.15) is 0 Å². The number of hydrogen-bond acceptors (Lipinski definition) is 3. The number of hydrogen-bond donors (Lipinski definition) is 1. The number of rotatable bonds is 11. The third-order valence-electron chi connectivity index (χ3n) is 4.91. The molecule has 0 saturated carbocycles. The standard InChI is InChI=1S/C22H33N3O2/c1-4-6-8-9-10-12-20(26)23-24-21-18-16-17(3)13-14-19(18)25(22(21)27)15-11-7-5-2/h13-14,16,27H,4-12,15H2,1-3H3. The number of azo groups is 1. The number of benzene rings is 1. The number of nitrogens with zero attached hydrogens (tertiary/aromatic N) is 3. The number of fused-ring (bicyclic) bond motifs is 1. The summed E-state index contributed by atoms with van der Waals surface area (Å²) in [6, 6.07) is 6.03. The van der Waals surface area contributed by atoms with Gasteiger partial charge in [0.15, 0.2) is 5.69 Å². The molecule has 0 aliphatic carbocycles. The number of amides is 1. The molecule has 0 atom stereocenters. The van der Waals surface area contributed by atoms with Crippen LogP contribution in [0.1, 0.15) is 77.2 Å². The zero-order valence-electron chi connectivity index (χ0n) is 17.0. The Hall–Kier alpha value is -2.17. The Labute approximate surface area is 162 Å². The largest absolute Gasteiger partial charge is 0.493 e. The van der Waals surface area contributed by atoms with Crippen molar-refractivity contribution in [2.24, 2.45) is 10.2 Å². The fourth-order valence-corrected chi connectivity index (χ4v) is 3.32. The van der Waals surface area contributed by atoms with Crippen LogP contribution >= 0.6 is 0 Å². The smallest absolute Gasteiger partial charge is 0.264 e. The van der Waals surface area contributed by atoms with Crippen LogP contribution in [0.25, 0.3) is 10.9 Å². The fraction of sp³-hybridized carbons (Fsp3) is 0.591. The van der Waals surface area contributed by atoms with Crippen molar-refractivity contribution < 1.29 is 9.90 Å². The highest BCUT2D eigenvalue weighted by Crippen LogP contribution is 2.39. The van der Waals surface area contributed by atoms with E-state index in [-0.39, 0.29) is 11.8 Å². The summed E-state index contributed by atoms with van der Waals surface area (Å²) in [5.41, 5.74) is 2.44. The van der Waals surface area contributed by atoms with Crippen LogP contribution in [0, 0.1) is 6.92 Å². The van der Waals surface area contributed by atoms with E-state index in [0.717, 1.165) is 61.5 Å². The van der Waals surface area contributed by atoms with E-state index >= 15 is 0 Å². The maximum Gasteiger partial charge on any atom is 0.264 e. The Morgan fingerprint density at radius 2 is 1.74 bits per heavy atom. The molecule has 5 nitrogen and oxygen atoms in total. The van der Waals surface area contributed by atoms with E-state index in [1.165, 1.54) is 12.8 Å². The monoisotopic (exact) mass is 371 g/mol. The Kier molecular flexibility index (Phi) is 8.49. The minimum Gasteiger partial charge on any atom is -0.493 e. The lowest BCUT2D eigenvalue weighted by molar-refractivity contribution is -0.118. The fourth-order valence-electron chi connectivity index (χ4n) is 3.32. The number of aromatic nitrogens is 1. The second-order valence-corrected chi connectivity index (χ2v) is 7.31. The van der Waals surface area contributed by atoms with Crippen molar-refractivity contribution in [2.45, 2.75) is 85.1 Å². The molecule has 0 aliphatic heterocycles. The first kappa shape index (κ1) is 21.1. The van der Waals surface area contributed by atoms with Crippen molar-refractivity contribution in [3.8, 4) is 5.88 Å².